The molecule has 0 saturated heterocycles. The quantitative estimate of drug-likeness (QED) is 0.378. The maximum absolute atomic E-state index is 13.2. The number of hydrogen-bond acceptors (Lipinski definition) is 5. The normalized spacial score (nSPS) is 11.3. The second kappa shape index (κ2) is 11.4. The number of rotatable bonds is 8. The van der Waals surface area contributed by atoms with Crippen LogP contribution < -0.4 is 20.1 Å². The second-order valence-corrected chi connectivity index (χ2v) is 7.86. The molecule has 0 radical (unpaired) electrons. The Kier molecular flexibility index (Phi) is 8.29. The van der Waals surface area contributed by atoms with Crippen LogP contribution in [0, 0.1) is 20.8 Å². The van der Waals surface area contributed by atoms with E-state index in [0.717, 1.165) is 28.2 Å². The summed E-state index contributed by atoms with van der Waals surface area (Å²) in [7, 11) is 1.91. The molecule has 0 spiro atoms. The van der Waals surface area contributed by atoms with Crippen molar-refractivity contribution in [3.05, 3.63) is 70.5 Å². The van der Waals surface area contributed by atoms with Gasteiger partial charge in [-0.15, -0.1) is 0 Å². The van der Waals surface area contributed by atoms with Crippen LogP contribution in [-0.2, 0) is 13.6 Å². The Morgan fingerprint density at radius 1 is 1.03 bits per heavy atom. The molecule has 3 rings (SSSR count). The number of nitrogens with one attached hydrogen (secondary N) is 2. The van der Waals surface area contributed by atoms with Crippen molar-refractivity contribution in [2.45, 2.75) is 41.2 Å². The van der Waals surface area contributed by atoms with E-state index in [2.05, 4.69) is 15.7 Å². The Morgan fingerprint density at radius 2 is 1.74 bits per heavy atom. The fraction of sp³-hybridized carbons (Fsp3) is 0.346. The van der Waals surface area contributed by atoms with Crippen LogP contribution in [0.15, 0.2) is 47.5 Å². The molecule has 0 fully saturated rings. The van der Waals surface area contributed by atoms with Gasteiger partial charge in [-0.25, -0.2) is 4.99 Å². The molecule has 0 saturated carbocycles. The Balaban J connectivity index is 1.89. The Morgan fingerprint density at radius 3 is 2.38 bits per heavy atom. The topological polar surface area (TPSA) is 89.8 Å². The van der Waals surface area contributed by atoms with Gasteiger partial charge in [-0.3, -0.25) is 14.8 Å². The molecule has 3 aromatic rings. The fourth-order valence-electron chi connectivity index (χ4n) is 3.53. The maximum atomic E-state index is 13.2. The molecule has 0 aliphatic carbocycles. The number of ether oxygens (including phenoxy) is 2. The van der Waals surface area contributed by atoms with Gasteiger partial charge in [0, 0.05) is 29.6 Å². The molecule has 1 heterocycles. The first-order valence-corrected chi connectivity index (χ1v) is 11.4. The lowest BCUT2D eigenvalue weighted by atomic mass is 10.2. The lowest BCUT2D eigenvalue weighted by Crippen LogP contribution is -2.36. The van der Waals surface area contributed by atoms with E-state index in [4.69, 9.17) is 14.5 Å². The molecular weight excluding hydrogens is 430 g/mol. The molecule has 0 unspecified atom stereocenters. The van der Waals surface area contributed by atoms with Crippen molar-refractivity contribution >= 4 is 17.6 Å². The molecule has 0 bridgehead atoms. The van der Waals surface area contributed by atoms with Crippen molar-refractivity contribution < 1.29 is 14.3 Å². The van der Waals surface area contributed by atoms with Gasteiger partial charge in [0.05, 0.1) is 25.5 Å². The number of para-hydroxylation sites is 1. The fourth-order valence-corrected chi connectivity index (χ4v) is 3.53. The monoisotopic (exact) mass is 463 g/mol. The highest BCUT2D eigenvalue weighted by Gasteiger charge is 2.15. The van der Waals surface area contributed by atoms with Gasteiger partial charge in [-0.1, -0.05) is 18.2 Å². The minimum atomic E-state index is -0.302. The maximum Gasteiger partial charge on any atom is 0.258 e. The molecule has 180 valence electrons. The number of aryl methyl sites for hydroxylation is 3. The van der Waals surface area contributed by atoms with E-state index in [1.807, 2.05) is 70.6 Å². The number of hydrogen-bond donors (Lipinski definition) is 2. The molecule has 0 aliphatic heterocycles. The molecular formula is C26H33N5O3. The number of carbonyl (C=O) groups excluding carboxylic acids is 1. The van der Waals surface area contributed by atoms with Crippen LogP contribution in [-0.4, -0.2) is 34.9 Å². The van der Waals surface area contributed by atoms with E-state index in [1.54, 1.807) is 18.2 Å². The van der Waals surface area contributed by atoms with Crippen molar-refractivity contribution in [3.63, 3.8) is 0 Å². The van der Waals surface area contributed by atoms with Crippen molar-refractivity contribution in [2.75, 3.05) is 18.5 Å². The lowest BCUT2D eigenvalue weighted by molar-refractivity contribution is 0.0976. The summed E-state index contributed by atoms with van der Waals surface area (Å²) in [6, 6.07) is 13.0. The molecule has 1 amide bonds. The first kappa shape index (κ1) is 24.8. The van der Waals surface area contributed by atoms with Crippen LogP contribution in [0.2, 0.25) is 0 Å². The summed E-state index contributed by atoms with van der Waals surface area (Å²) in [5.74, 6) is 1.19. The van der Waals surface area contributed by atoms with Gasteiger partial charge < -0.3 is 14.8 Å². The van der Waals surface area contributed by atoms with Gasteiger partial charge in [0.2, 0.25) is 5.96 Å². The van der Waals surface area contributed by atoms with Crippen LogP contribution in [0.25, 0.3) is 0 Å². The molecule has 34 heavy (non-hydrogen) atoms. The predicted molar refractivity (Wildman–Crippen MR) is 135 cm³/mol. The second-order valence-electron chi connectivity index (χ2n) is 7.86. The summed E-state index contributed by atoms with van der Waals surface area (Å²) in [6.07, 6.45) is 0. The summed E-state index contributed by atoms with van der Waals surface area (Å²) in [5, 5.41) is 10.7. The molecule has 1 aromatic heterocycles. The number of amides is 1. The van der Waals surface area contributed by atoms with E-state index in [1.165, 1.54) is 0 Å². The molecule has 0 aliphatic rings. The Hall–Kier alpha value is -3.81. The first-order valence-electron chi connectivity index (χ1n) is 11.4. The minimum absolute atomic E-state index is 0.302. The smallest absolute Gasteiger partial charge is 0.258 e. The van der Waals surface area contributed by atoms with E-state index in [-0.39, 0.29) is 5.91 Å². The predicted octanol–water partition coefficient (Wildman–Crippen LogP) is 4.54. The van der Waals surface area contributed by atoms with Gasteiger partial charge in [0.1, 0.15) is 0 Å². The SMILES string of the molecule is CCOc1ccc(C(=O)NC(=NCc2c(C)nn(C)c2C)Nc2ccccc2C)cc1OCC. The summed E-state index contributed by atoms with van der Waals surface area (Å²) < 4.78 is 13.1. The van der Waals surface area contributed by atoms with E-state index >= 15 is 0 Å². The summed E-state index contributed by atoms with van der Waals surface area (Å²) in [4.78, 5) is 17.9. The van der Waals surface area contributed by atoms with E-state index in [0.29, 0.717) is 42.8 Å². The zero-order valence-corrected chi connectivity index (χ0v) is 20.7. The van der Waals surface area contributed by atoms with Gasteiger partial charge in [0.15, 0.2) is 11.5 Å². The molecule has 2 N–H and O–H groups in total. The van der Waals surface area contributed by atoms with Gasteiger partial charge in [0.25, 0.3) is 5.91 Å². The Bertz CT molecular complexity index is 1180. The largest absolute Gasteiger partial charge is 0.490 e. The molecule has 0 atom stereocenters. The number of aromatic nitrogens is 2. The number of anilines is 1. The van der Waals surface area contributed by atoms with Crippen molar-refractivity contribution in [1.29, 1.82) is 0 Å². The van der Waals surface area contributed by atoms with Crippen molar-refractivity contribution in [2.24, 2.45) is 12.0 Å². The third kappa shape index (κ3) is 5.95. The highest BCUT2D eigenvalue weighted by molar-refractivity contribution is 6.10. The molecule has 8 heteroatoms. The third-order valence-electron chi connectivity index (χ3n) is 5.49. The van der Waals surface area contributed by atoms with Crippen LogP contribution in [0.3, 0.4) is 0 Å². The molecule has 2 aromatic carbocycles. The Labute approximate surface area is 201 Å². The van der Waals surface area contributed by atoms with Crippen LogP contribution in [0.5, 0.6) is 11.5 Å². The minimum Gasteiger partial charge on any atom is -0.490 e. The van der Waals surface area contributed by atoms with E-state index < -0.39 is 0 Å². The zero-order chi connectivity index (χ0) is 24.7. The number of aliphatic imine (C=N–C) groups is 1. The zero-order valence-electron chi connectivity index (χ0n) is 20.7. The lowest BCUT2D eigenvalue weighted by Gasteiger charge is -2.15. The third-order valence-corrected chi connectivity index (χ3v) is 5.49. The number of carbonyl (C=O) groups is 1. The van der Waals surface area contributed by atoms with Gasteiger partial charge in [-0.2, -0.15) is 5.10 Å². The standard InChI is InChI=1S/C26H33N5O3/c1-7-33-23-14-13-20(15-24(23)34-8-2)25(32)29-26(28-22-12-10-9-11-17(22)3)27-16-21-18(4)30-31(6)19(21)5/h9-15H,7-8,16H2,1-6H3,(H2,27,28,29,32). The van der Waals surface area contributed by atoms with Gasteiger partial charge in [-0.05, 0) is 64.4 Å². The number of nitrogens with zero attached hydrogens (tertiary/aromatic N) is 3. The van der Waals surface area contributed by atoms with Crippen LogP contribution in [0.4, 0.5) is 5.69 Å². The van der Waals surface area contributed by atoms with Gasteiger partial charge >= 0.3 is 0 Å². The summed E-state index contributed by atoms with van der Waals surface area (Å²) in [5.41, 5.74) is 5.33. The van der Waals surface area contributed by atoms with Crippen LogP contribution in [0.1, 0.15) is 46.7 Å². The average molecular weight is 464 g/mol. The van der Waals surface area contributed by atoms with Crippen LogP contribution >= 0.6 is 0 Å². The highest BCUT2D eigenvalue weighted by atomic mass is 16.5. The van der Waals surface area contributed by atoms with Crippen molar-refractivity contribution in [1.82, 2.24) is 15.1 Å². The number of benzene rings is 2. The number of guanidine groups is 1. The molecule has 8 nitrogen and oxygen atoms in total. The summed E-state index contributed by atoms with van der Waals surface area (Å²) in [6.45, 7) is 11.1. The first-order chi connectivity index (χ1) is 16.3. The van der Waals surface area contributed by atoms with E-state index in [9.17, 15) is 4.79 Å². The summed E-state index contributed by atoms with van der Waals surface area (Å²) >= 11 is 0. The average Bonchev–Trinajstić information content (AvgIpc) is 3.05. The highest BCUT2D eigenvalue weighted by Crippen LogP contribution is 2.28. The van der Waals surface area contributed by atoms with Crippen molar-refractivity contribution in [3.8, 4) is 11.5 Å².